The maximum atomic E-state index is 13.9. The molecule has 2 heteroatoms. The van der Waals surface area contributed by atoms with Gasteiger partial charge in [0, 0.05) is 5.56 Å². The highest BCUT2D eigenvalue weighted by molar-refractivity contribution is 5.36. The molecular weight excluding hydrogens is 237 g/mol. The lowest BCUT2D eigenvalue weighted by atomic mass is 9.95. The van der Waals surface area contributed by atoms with Crippen LogP contribution in [0.4, 0.5) is 4.39 Å². The van der Waals surface area contributed by atoms with Gasteiger partial charge in [-0.2, -0.15) is 0 Å². The van der Waals surface area contributed by atoms with Crippen molar-refractivity contribution in [1.82, 2.24) is 0 Å². The number of benzene rings is 2. The molecule has 1 unspecified atom stereocenters. The molecule has 0 aromatic heterocycles. The molecule has 0 bridgehead atoms. The molecule has 2 aromatic rings. The molecule has 1 nitrogen and oxygen atoms in total. The summed E-state index contributed by atoms with van der Waals surface area (Å²) in [6.07, 6.45) is 2.12. The normalized spacial score (nSPS) is 12.4. The molecule has 2 rings (SSSR count). The lowest BCUT2D eigenvalue weighted by Crippen LogP contribution is -2.14. The van der Waals surface area contributed by atoms with Crippen molar-refractivity contribution in [3.63, 3.8) is 0 Å². The zero-order chi connectivity index (χ0) is 13.8. The third-order valence-electron chi connectivity index (χ3n) is 3.34. The average molecular weight is 257 g/mol. The van der Waals surface area contributed by atoms with Gasteiger partial charge < -0.3 is 5.73 Å². The number of hydrogen-bond acceptors (Lipinski definition) is 1. The highest BCUT2D eigenvalue weighted by Gasteiger charge is 2.14. The lowest BCUT2D eigenvalue weighted by molar-refractivity contribution is 0.599. The van der Waals surface area contributed by atoms with Gasteiger partial charge in [0.1, 0.15) is 5.82 Å². The molecule has 0 spiro atoms. The Morgan fingerprint density at radius 3 is 2.68 bits per heavy atom. The van der Waals surface area contributed by atoms with Crippen molar-refractivity contribution in [3.8, 4) is 0 Å². The van der Waals surface area contributed by atoms with Crippen molar-refractivity contribution < 1.29 is 4.39 Å². The van der Waals surface area contributed by atoms with E-state index in [0.717, 1.165) is 24.0 Å². The Labute approximate surface area is 114 Å². The standard InChI is InChI=1S/C17H20FN/c1-3-5-13-6-4-7-14(11-13)17(19)15-10-12(2)8-9-16(15)18/h4,6-11,17H,3,5,19H2,1-2H3. The van der Waals surface area contributed by atoms with Crippen molar-refractivity contribution in [2.45, 2.75) is 32.7 Å². The summed E-state index contributed by atoms with van der Waals surface area (Å²) in [5, 5.41) is 0. The van der Waals surface area contributed by atoms with Gasteiger partial charge in [-0.3, -0.25) is 0 Å². The number of hydrogen-bond donors (Lipinski definition) is 1. The molecule has 100 valence electrons. The van der Waals surface area contributed by atoms with Crippen LogP contribution in [0.1, 0.15) is 41.6 Å². The van der Waals surface area contributed by atoms with Gasteiger partial charge in [0.25, 0.3) is 0 Å². The first-order valence-corrected chi connectivity index (χ1v) is 6.72. The van der Waals surface area contributed by atoms with E-state index in [4.69, 9.17) is 5.73 Å². The quantitative estimate of drug-likeness (QED) is 0.875. The van der Waals surface area contributed by atoms with E-state index in [1.54, 1.807) is 6.07 Å². The van der Waals surface area contributed by atoms with Crippen LogP contribution in [-0.2, 0) is 6.42 Å². The van der Waals surface area contributed by atoms with Gasteiger partial charge in [-0.05, 0) is 30.5 Å². The summed E-state index contributed by atoms with van der Waals surface area (Å²) < 4.78 is 13.9. The van der Waals surface area contributed by atoms with Crippen LogP contribution in [0.2, 0.25) is 0 Å². The Morgan fingerprint density at radius 2 is 1.95 bits per heavy atom. The van der Waals surface area contributed by atoms with E-state index in [2.05, 4.69) is 19.1 Å². The molecule has 0 aliphatic heterocycles. The van der Waals surface area contributed by atoms with E-state index in [0.29, 0.717) is 5.56 Å². The zero-order valence-corrected chi connectivity index (χ0v) is 11.5. The Hall–Kier alpha value is -1.67. The molecule has 0 heterocycles. The molecule has 0 saturated carbocycles. The van der Waals surface area contributed by atoms with Crippen molar-refractivity contribution >= 4 is 0 Å². The molecular formula is C17H20FN. The minimum absolute atomic E-state index is 0.237. The van der Waals surface area contributed by atoms with Gasteiger partial charge in [0.05, 0.1) is 6.04 Å². The van der Waals surface area contributed by atoms with Gasteiger partial charge in [-0.1, -0.05) is 55.3 Å². The fourth-order valence-corrected chi connectivity index (χ4v) is 2.31. The fraction of sp³-hybridized carbons (Fsp3) is 0.294. The summed E-state index contributed by atoms with van der Waals surface area (Å²) >= 11 is 0. The number of halogens is 1. The molecule has 19 heavy (non-hydrogen) atoms. The summed E-state index contributed by atoms with van der Waals surface area (Å²) in [7, 11) is 0. The van der Waals surface area contributed by atoms with E-state index in [9.17, 15) is 4.39 Å². The van der Waals surface area contributed by atoms with E-state index >= 15 is 0 Å². The van der Waals surface area contributed by atoms with Crippen molar-refractivity contribution in [1.29, 1.82) is 0 Å². The van der Waals surface area contributed by atoms with Crippen LogP contribution in [-0.4, -0.2) is 0 Å². The summed E-state index contributed by atoms with van der Waals surface area (Å²) in [5.41, 5.74) is 10.0. The van der Waals surface area contributed by atoms with Crippen molar-refractivity contribution in [3.05, 3.63) is 70.5 Å². The Bertz CT molecular complexity index is 563. The summed E-state index contributed by atoms with van der Waals surface area (Å²) in [6, 6.07) is 12.8. The van der Waals surface area contributed by atoms with E-state index in [1.807, 2.05) is 25.1 Å². The smallest absolute Gasteiger partial charge is 0.128 e. The molecule has 2 aromatic carbocycles. The van der Waals surface area contributed by atoms with Crippen LogP contribution in [0.5, 0.6) is 0 Å². The van der Waals surface area contributed by atoms with Crippen LogP contribution in [0.3, 0.4) is 0 Å². The van der Waals surface area contributed by atoms with Gasteiger partial charge in [0.2, 0.25) is 0 Å². The van der Waals surface area contributed by atoms with E-state index in [1.165, 1.54) is 11.6 Å². The molecule has 0 amide bonds. The largest absolute Gasteiger partial charge is 0.320 e. The maximum Gasteiger partial charge on any atom is 0.128 e. The lowest BCUT2D eigenvalue weighted by Gasteiger charge is -2.15. The van der Waals surface area contributed by atoms with Gasteiger partial charge >= 0.3 is 0 Å². The molecule has 2 N–H and O–H groups in total. The molecule has 0 aliphatic carbocycles. The van der Waals surface area contributed by atoms with Crippen LogP contribution < -0.4 is 5.73 Å². The summed E-state index contributed by atoms with van der Waals surface area (Å²) in [5.74, 6) is -0.237. The van der Waals surface area contributed by atoms with Gasteiger partial charge in [-0.25, -0.2) is 4.39 Å². The van der Waals surface area contributed by atoms with Crippen molar-refractivity contribution in [2.24, 2.45) is 5.73 Å². The highest BCUT2D eigenvalue weighted by atomic mass is 19.1. The van der Waals surface area contributed by atoms with Crippen LogP contribution in [0.15, 0.2) is 42.5 Å². The summed E-state index contributed by atoms with van der Waals surface area (Å²) in [6.45, 7) is 4.09. The van der Waals surface area contributed by atoms with Gasteiger partial charge in [-0.15, -0.1) is 0 Å². The monoisotopic (exact) mass is 257 g/mol. The Morgan fingerprint density at radius 1 is 1.16 bits per heavy atom. The Balaban J connectivity index is 2.35. The minimum Gasteiger partial charge on any atom is -0.320 e. The van der Waals surface area contributed by atoms with Crippen molar-refractivity contribution in [2.75, 3.05) is 0 Å². The predicted molar refractivity (Wildman–Crippen MR) is 77.6 cm³/mol. The number of nitrogens with two attached hydrogens (primary N) is 1. The maximum absolute atomic E-state index is 13.9. The average Bonchev–Trinajstić information content (AvgIpc) is 2.41. The second-order valence-electron chi connectivity index (χ2n) is 5.00. The first kappa shape index (κ1) is 13.8. The third-order valence-corrected chi connectivity index (χ3v) is 3.34. The predicted octanol–water partition coefficient (Wildman–Crippen LogP) is 4.13. The molecule has 1 atom stereocenters. The molecule has 0 radical (unpaired) electrons. The topological polar surface area (TPSA) is 26.0 Å². The highest BCUT2D eigenvalue weighted by Crippen LogP contribution is 2.24. The number of rotatable bonds is 4. The van der Waals surface area contributed by atoms with Crippen LogP contribution >= 0.6 is 0 Å². The first-order valence-electron chi connectivity index (χ1n) is 6.72. The second kappa shape index (κ2) is 5.98. The SMILES string of the molecule is CCCc1cccc(C(N)c2cc(C)ccc2F)c1. The third kappa shape index (κ3) is 3.21. The summed E-state index contributed by atoms with van der Waals surface area (Å²) in [4.78, 5) is 0. The van der Waals surface area contributed by atoms with Gasteiger partial charge in [0.15, 0.2) is 0 Å². The molecule has 0 aliphatic rings. The zero-order valence-electron chi connectivity index (χ0n) is 11.5. The van der Waals surface area contributed by atoms with E-state index in [-0.39, 0.29) is 5.82 Å². The van der Waals surface area contributed by atoms with Crippen LogP contribution in [0.25, 0.3) is 0 Å². The van der Waals surface area contributed by atoms with Crippen LogP contribution in [0, 0.1) is 12.7 Å². The molecule has 0 saturated heterocycles. The second-order valence-corrected chi connectivity index (χ2v) is 5.00. The van der Waals surface area contributed by atoms with E-state index < -0.39 is 6.04 Å². The number of aryl methyl sites for hydroxylation is 2. The molecule has 0 fully saturated rings. The fourth-order valence-electron chi connectivity index (χ4n) is 2.31. The minimum atomic E-state index is -0.406. The first-order chi connectivity index (χ1) is 9.11. The Kier molecular flexibility index (Phi) is 4.33.